The van der Waals surface area contributed by atoms with Gasteiger partial charge in [-0.2, -0.15) is 0 Å². The summed E-state index contributed by atoms with van der Waals surface area (Å²) in [4.78, 5) is 0. The van der Waals surface area contributed by atoms with Crippen LogP contribution >= 0.6 is 0 Å². The Morgan fingerprint density at radius 1 is 0.429 bits per heavy atom. The van der Waals surface area contributed by atoms with Crippen LogP contribution in [0.5, 0.6) is 0 Å². The minimum absolute atomic E-state index is 0.155. The smallest absolute Gasteiger partial charge is 0.0624 e. The van der Waals surface area contributed by atoms with Crippen molar-refractivity contribution in [3.63, 3.8) is 0 Å². The normalized spacial score (nSPS) is 16.7. The van der Waals surface area contributed by atoms with Crippen molar-refractivity contribution in [2.45, 2.75) is 126 Å². The molecule has 7 aromatic rings. The SMILES string of the molecule is Cc1ccc(C(C)(C)C)cc1.Cc1ccc(C2(c3ccc(C)c(C)c3)c3ccccc3-c3ccccc32)cc1C.Cc1ccc(C2(c3ccc(C)cc3)CC(C)CC(C)(C)C2)cc1. The van der Waals surface area contributed by atoms with Gasteiger partial charge in [-0.3, -0.25) is 0 Å². The molecule has 2 aliphatic carbocycles. The number of fused-ring (bicyclic) bond motifs is 3. The van der Waals surface area contributed by atoms with Gasteiger partial charge in [-0.05, 0) is 157 Å². The molecule has 9 rings (SSSR count). The third-order valence-corrected chi connectivity index (χ3v) is 14.3. The molecule has 63 heavy (non-hydrogen) atoms. The maximum absolute atomic E-state index is 2.44. The monoisotopic (exact) mass is 829 g/mol. The second-order valence-corrected chi connectivity index (χ2v) is 21.2. The lowest BCUT2D eigenvalue weighted by atomic mass is 9.55. The number of hydrogen-bond acceptors (Lipinski definition) is 0. The Morgan fingerprint density at radius 2 is 0.810 bits per heavy atom. The van der Waals surface area contributed by atoms with E-state index in [9.17, 15) is 0 Å². The molecule has 1 atom stereocenters. The molecule has 324 valence electrons. The molecule has 0 spiro atoms. The van der Waals surface area contributed by atoms with Crippen molar-refractivity contribution < 1.29 is 0 Å². The van der Waals surface area contributed by atoms with Crippen molar-refractivity contribution in [2.75, 3.05) is 0 Å². The van der Waals surface area contributed by atoms with Crippen molar-refractivity contribution in [3.8, 4) is 11.1 Å². The second kappa shape index (κ2) is 18.0. The summed E-state index contributed by atoms with van der Waals surface area (Å²) in [5.41, 5.74) is 22.5. The van der Waals surface area contributed by atoms with Gasteiger partial charge in [-0.25, -0.2) is 0 Å². The second-order valence-electron chi connectivity index (χ2n) is 21.2. The van der Waals surface area contributed by atoms with Crippen molar-refractivity contribution in [1.82, 2.24) is 0 Å². The predicted octanol–water partition coefficient (Wildman–Crippen LogP) is 17.0. The Kier molecular flexibility index (Phi) is 13.0. The van der Waals surface area contributed by atoms with E-state index in [1.165, 1.54) is 108 Å². The van der Waals surface area contributed by atoms with E-state index in [0.29, 0.717) is 5.41 Å². The standard InChI is InChI=1S/C29H26.C23H30.C11H16/c1-19-13-15-23(17-21(19)3)29(24-16-14-20(2)22(4)18-24)27-11-7-5-9-25(27)26-10-6-8-12-28(26)29;1-17-6-10-20(11-7-17)23(21-12-8-18(2)9-13-21)15-19(3)14-22(4,5)16-23;1-9-5-7-10(8-6-9)11(2,3)4/h5-18H,1-4H3;6-13,19H,14-16H2,1-5H3;5-8H,1-4H3. The number of benzene rings is 7. The van der Waals surface area contributed by atoms with Crippen LogP contribution in [-0.4, -0.2) is 0 Å². The molecule has 1 unspecified atom stereocenters. The first-order valence-electron chi connectivity index (χ1n) is 23.4. The van der Waals surface area contributed by atoms with Gasteiger partial charge in [0.1, 0.15) is 0 Å². The van der Waals surface area contributed by atoms with Crippen LogP contribution in [0.4, 0.5) is 0 Å². The van der Waals surface area contributed by atoms with Crippen LogP contribution in [0.1, 0.15) is 139 Å². The molecule has 0 radical (unpaired) electrons. The van der Waals surface area contributed by atoms with Crippen LogP contribution in [-0.2, 0) is 16.2 Å². The van der Waals surface area contributed by atoms with Crippen LogP contribution in [0.15, 0.2) is 158 Å². The van der Waals surface area contributed by atoms with E-state index in [1.54, 1.807) is 0 Å². The minimum atomic E-state index is -0.288. The van der Waals surface area contributed by atoms with E-state index in [4.69, 9.17) is 0 Å². The molecule has 0 heteroatoms. The van der Waals surface area contributed by atoms with Gasteiger partial charge < -0.3 is 0 Å². The zero-order valence-electron chi connectivity index (χ0n) is 40.7. The highest BCUT2D eigenvalue weighted by Crippen LogP contribution is 2.57. The largest absolute Gasteiger partial charge is 0.0713 e. The van der Waals surface area contributed by atoms with E-state index in [2.05, 4.69) is 248 Å². The summed E-state index contributed by atoms with van der Waals surface area (Å²) in [6, 6.07) is 59.2. The van der Waals surface area contributed by atoms with E-state index in [0.717, 1.165) is 5.92 Å². The number of aryl methyl sites for hydroxylation is 7. The van der Waals surface area contributed by atoms with Crippen LogP contribution in [0.3, 0.4) is 0 Å². The quantitative estimate of drug-likeness (QED) is 0.166. The van der Waals surface area contributed by atoms with Crippen molar-refractivity contribution >= 4 is 0 Å². The Hall–Kier alpha value is -5.46. The summed E-state index contributed by atoms with van der Waals surface area (Å²) in [5, 5.41) is 0. The fourth-order valence-electron chi connectivity index (χ4n) is 10.9. The molecule has 0 saturated heterocycles. The number of rotatable bonds is 4. The Bertz CT molecular complexity index is 2510. The molecule has 2 aliphatic rings. The van der Waals surface area contributed by atoms with Crippen molar-refractivity contribution in [3.05, 3.63) is 236 Å². The van der Waals surface area contributed by atoms with Crippen molar-refractivity contribution in [2.24, 2.45) is 11.3 Å². The molecule has 0 aromatic heterocycles. The van der Waals surface area contributed by atoms with Gasteiger partial charge in [0.2, 0.25) is 0 Å². The predicted molar refractivity (Wildman–Crippen MR) is 273 cm³/mol. The molecule has 0 amide bonds. The summed E-state index contributed by atoms with van der Waals surface area (Å²) < 4.78 is 0. The topological polar surface area (TPSA) is 0 Å². The third kappa shape index (κ3) is 9.29. The van der Waals surface area contributed by atoms with Crippen LogP contribution in [0.2, 0.25) is 0 Å². The van der Waals surface area contributed by atoms with Crippen LogP contribution in [0, 0.1) is 59.8 Å². The Labute approximate surface area is 381 Å². The summed E-state index contributed by atoms with van der Waals surface area (Å²) in [7, 11) is 0. The molecule has 7 aromatic carbocycles. The van der Waals surface area contributed by atoms with E-state index >= 15 is 0 Å². The first kappa shape index (κ1) is 45.6. The lowest BCUT2D eigenvalue weighted by molar-refractivity contribution is 0.127. The first-order valence-corrected chi connectivity index (χ1v) is 23.4. The fraction of sp³-hybridized carbons (Fsp3) is 0.333. The molecular formula is C63H72. The molecule has 1 saturated carbocycles. The van der Waals surface area contributed by atoms with Gasteiger partial charge in [0, 0.05) is 5.41 Å². The summed E-state index contributed by atoms with van der Waals surface area (Å²) in [6.45, 7) is 29.3. The molecular weight excluding hydrogens is 757 g/mol. The third-order valence-electron chi connectivity index (χ3n) is 14.3. The van der Waals surface area contributed by atoms with E-state index in [1.807, 2.05) is 0 Å². The van der Waals surface area contributed by atoms with Gasteiger partial charge in [-0.1, -0.05) is 216 Å². The first-order chi connectivity index (χ1) is 29.8. The zero-order chi connectivity index (χ0) is 45.3. The molecule has 0 heterocycles. The molecule has 0 aliphatic heterocycles. The van der Waals surface area contributed by atoms with Gasteiger partial charge in [0.05, 0.1) is 5.41 Å². The average molecular weight is 829 g/mol. The van der Waals surface area contributed by atoms with Gasteiger partial charge >= 0.3 is 0 Å². The van der Waals surface area contributed by atoms with E-state index < -0.39 is 0 Å². The summed E-state index contributed by atoms with van der Waals surface area (Å²) in [6.07, 6.45) is 3.81. The maximum atomic E-state index is 2.44. The zero-order valence-corrected chi connectivity index (χ0v) is 40.7. The Morgan fingerprint density at radius 3 is 1.19 bits per heavy atom. The maximum Gasteiger partial charge on any atom is 0.0713 e. The van der Waals surface area contributed by atoms with Gasteiger partial charge in [-0.15, -0.1) is 0 Å². The highest BCUT2D eigenvalue weighted by atomic mass is 14.5. The van der Waals surface area contributed by atoms with Crippen LogP contribution in [0.25, 0.3) is 11.1 Å². The van der Waals surface area contributed by atoms with Gasteiger partial charge in [0.15, 0.2) is 0 Å². The average Bonchev–Trinajstić information content (AvgIpc) is 3.54. The van der Waals surface area contributed by atoms with E-state index in [-0.39, 0.29) is 16.2 Å². The minimum Gasteiger partial charge on any atom is -0.0624 e. The molecule has 0 nitrogen and oxygen atoms in total. The summed E-state index contributed by atoms with van der Waals surface area (Å²) in [5.74, 6) is 0.751. The lowest BCUT2D eigenvalue weighted by Crippen LogP contribution is -2.41. The highest BCUT2D eigenvalue weighted by molar-refractivity contribution is 5.86. The molecule has 0 bridgehead atoms. The van der Waals surface area contributed by atoms with Gasteiger partial charge in [0.25, 0.3) is 0 Å². The van der Waals surface area contributed by atoms with Crippen molar-refractivity contribution in [1.29, 1.82) is 0 Å². The fourth-order valence-corrected chi connectivity index (χ4v) is 10.9. The van der Waals surface area contributed by atoms with Crippen LogP contribution < -0.4 is 0 Å². The molecule has 0 N–H and O–H groups in total. The molecule has 1 fully saturated rings. The number of hydrogen-bond donors (Lipinski definition) is 0. The highest BCUT2D eigenvalue weighted by Gasteiger charge is 2.47. The summed E-state index contributed by atoms with van der Waals surface area (Å²) >= 11 is 0. The lowest BCUT2D eigenvalue weighted by Gasteiger charge is -2.48. The Balaban J connectivity index is 0.000000156.